The summed E-state index contributed by atoms with van der Waals surface area (Å²) in [6, 6.07) is 8.28. The van der Waals surface area contributed by atoms with Crippen LogP contribution < -0.4 is 0 Å². The van der Waals surface area contributed by atoms with Crippen LogP contribution in [0.5, 0.6) is 0 Å². The number of benzene rings is 1. The van der Waals surface area contributed by atoms with Crippen molar-refractivity contribution in [2.45, 2.75) is 19.4 Å². The van der Waals surface area contributed by atoms with Gasteiger partial charge in [-0.15, -0.1) is 5.73 Å². The van der Waals surface area contributed by atoms with E-state index in [4.69, 9.17) is 0 Å². The lowest BCUT2D eigenvalue weighted by molar-refractivity contribution is -0.134. The second kappa shape index (κ2) is 7.48. The molecule has 0 aliphatic heterocycles. The highest BCUT2D eigenvalue weighted by molar-refractivity contribution is 5.86. The Morgan fingerprint density at radius 3 is 2.88 bits per heavy atom. The largest absolute Gasteiger partial charge is 0.466 e. The molecule has 1 aromatic carbocycles. The molecule has 0 bridgehead atoms. The normalized spacial score (nSPS) is 18.9. The number of carbonyl (C=O) groups is 1. The van der Waals surface area contributed by atoms with Gasteiger partial charge in [0.1, 0.15) is 0 Å². The molecule has 24 heavy (non-hydrogen) atoms. The average molecular weight is 321 g/mol. The number of carbonyl (C=O) groups excluding carboxylic acids is 1. The number of nitrogens with zero attached hydrogens (tertiary/aromatic N) is 1. The number of esters is 1. The van der Waals surface area contributed by atoms with E-state index >= 15 is 0 Å². The van der Waals surface area contributed by atoms with Gasteiger partial charge >= 0.3 is 5.97 Å². The third kappa shape index (κ3) is 3.94. The number of ether oxygens (including phenoxy) is 1. The van der Waals surface area contributed by atoms with Gasteiger partial charge in [-0.2, -0.15) is 0 Å². The summed E-state index contributed by atoms with van der Waals surface area (Å²) in [4.78, 5) is 13.5. The fourth-order valence-corrected chi connectivity index (χ4v) is 3.27. The summed E-state index contributed by atoms with van der Waals surface area (Å²) < 4.78 is 4.59. The Kier molecular flexibility index (Phi) is 5.14. The monoisotopic (exact) mass is 321 g/mol. The predicted octanol–water partition coefficient (Wildman–Crippen LogP) is 3.74. The van der Waals surface area contributed by atoms with Crippen LogP contribution >= 0.6 is 0 Å². The first-order valence-corrected chi connectivity index (χ1v) is 8.33. The van der Waals surface area contributed by atoms with E-state index in [1.807, 2.05) is 12.1 Å². The van der Waals surface area contributed by atoms with Crippen LogP contribution in [-0.4, -0.2) is 31.6 Å². The average Bonchev–Trinajstić information content (AvgIpc) is 2.59. The van der Waals surface area contributed by atoms with Gasteiger partial charge in [-0.25, -0.2) is 4.79 Å². The van der Waals surface area contributed by atoms with Crippen LogP contribution in [0.15, 0.2) is 59.4 Å². The molecule has 1 saturated carbocycles. The van der Waals surface area contributed by atoms with Crippen molar-refractivity contribution in [2.24, 2.45) is 5.92 Å². The van der Waals surface area contributed by atoms with Gasteiger partial charge in [-0.1, -0.05) is 30.3 Å². The van der Waals surface area contributed by atoms with Gasteiger partial charge in [-0.05, 0) is 54.3 Å². The Bertz CT molecular complexity index is 734. The van der Waals surface area contributed by atoms with Crippen molar-refractivity contribution < 1.29 is 9.53 Å². The molecular weight excluding hydrogens is 298 g/mol. The van der Waals surface area contributed by atoms with E-state index in [1.165, 1.54) is 29.9 Å². The van der Waals surface area contributed by atoms with Crippen molar-refractivity contribution in [1.82, 2.24) is 4.90 Å². The zero-order chi connectivity index (χ0) is 16.9. The minimum atomic E-state index is -0.334. The van der Waals surface area contributed by atoms with Crippen LogP contribution in [-0.2, 0) is 16.1 Å². The lowest BCUT2D eigenvalue weighted by Gasteiger charge is -2.36. The van der Waals surface area contributed by atoms with E-state index in [1.54, 1.807) is 6.08 Å². The summed E-state index contributed by atoms with van der Waals surface area (Å²) in [5.41, 5.74) is 8.56. The third-order valence-corrected chi connectivity index (χ3v) is 4.55. The van der Waals surface area contributed by atoms with Crippen LogP contribution in [0.25, 0.3) is 6.08 Å². The number of allylic oxidation sites excluding steroid dienone is 2. The van der Waals surface area contributed by atoms with Crippen molar-refractivity contribution in [3.05, 3.63) is 70.5 Å². The lowest BCUT2D eigenvalue weighted by atomic mass is 9.73. The van der Waals surface area contributed by atoms with Crippen molar-refractivity contribution in [3.8, 4) is 0 Å². The number of hydrogen-bond donors (Lipinski definition) is 0. The molecule has 0 spiro atoms. The topological polar surface area (TPSA) is 29.5 Å². The smallest absolute Gasteiger partial charge is 0.330 e. The van der Waals surface area contributed by atoms with Crippen LogP contribution in [0.4, 0.5) is 0 Å². The summed E-state index contributed by atoms with van der Waals surface area (Å²) in [6.45, 7) is 2.01. The van der Waals surface area contributed by atoms with E-state index < -0.39 is 0 Å². The van der Waals surface area contributed by atoms with E-state index in [9.17, 15) is 4.79 Å². The molecule has 0 aromatic heterocycles. The molecule has 0 N–H and O–H groups in total. The van der Waals surface area contributed by atoms with E-state index in [-0.39, 0.29) is 5.97 Å². The fourth-order valence-electron chi connectivity index (χ4n) is 3.27. The maximum atomic E-state index is 11.1. The SMILES string of the molecule is COC(=O)/C=C/c1ccc(CN(C)CC2CC3=C=CCC=C32)cc1. The molecule has 2 aliphatic carbocycles. The summed E-state index contributed by atoms with van der Waals surface area (Å²) in [6.07, 6.45) is 9.86. The highest BCUT2D eigenvalue weighted by atomic mass is 16.5. The van der Waals surface area contributed by atoms with Crippen molar-refractivity contribution in [2.75, 3.05) is 20.7 Å². The standard InChI is InChI=1S/C21H23NO2/c1-22(15-19-13-18-5-3-4-6-20(18)19)14-17-9-7-16(8-10-17)11-12-21(23)24-2/h3,6-12,19H,4,13-15H2,1-2H3/b12-11+. The van der Waals surface area contributed by atoms with Gasteiger partial charge in [0.05, 0.1) is 7.11 Å². The minimum absolute atomic E-state index is 0.334. The maximum Gasteiger partial charge on any atom is 0.330 e. The summed E-state index contributed by atoms with van der Waals surface area (Å²) in [5.74, 6) is 0.327. The molecule has 0 amide bonds. The second-order valence-corrected chi connectivity index (χ2v) is 6.42. The number of rotatable bonds is 6. The molecule has 0 radical (unpaired) electrons. The zero-order valence-corrected chi connectivity index (χ0v) is 14.3. The Hall–Kier alpha value is -2.35. The minimum Gasteiger partial charge on any atom is -0.466 e. The van der Waals surface area contributed by atoms with E-state index in [2.05, 4.69) is 46.7 Å². The molecule has 0 heterocycles. The lowest BCUT2D eigenvalue weighted by Crippen LogP contribution is -2.32. The quantitative estimate of drug-likeness (QED) is 0.454. The van der Waals surface area contributed by atoms with Crippen LogP contribution in [0, 0.1) is 5.92 Å². The van der Waals surface area contributed by atoms with Crippen molar-refractivity contribution in [3.63, 3.8) is 0 Å². The molecule has 3 rings (SSSR count). The summed E-state index contributed by atoms with van der Waals surface area (Å²) in [5, 5.41) is 0. The van der Waals surface area contributed by atoms with E-state index in [0.29, 0.717) is 5.92 Å². The van der Waals surface area contributed by atoms with Gasteiger partial charge < -0.3 is 9.64 Å². The Morgan fingerprint density at radius 1 is 1.38 bits per heavy atom. The first-order valence-electron chi connectivity index (χ1n) is 8.33. The number of fused-ring (bicyclic) bond motifs is 1. The summed E-state index contributed by atoms with van der Waals surface area (Å²) in [7, 11) is 3.55. The molecule has 3 heteroatoms. The van der Waals surface area contributed by atoms with Gasteiger partial charge in [0.2, 0.25) is 0 Å². The highest BCUT2D eigenvalue weighted by Crippen LogP contribution is 2.40. The fraction of sp³-hybridized carbons (Fsp3) is 0.333. The summed E-state index contributed by atoms with van der Waals surface area (Å²) >= 11 is 0. The molecular formula is C21H23NO2. The third-order valence-electron chi connectivity index (χ3n) is 4.55. The van der Waals surface area contributed by atoms with Crippen molar-refractivity contribution in [1.29, 1.82) is 0 Å². The maximum absolute atomic E-state index is 11.1. The van der Waals surface area contributed by atoms with Crippen LogP contribution in [0.3, 0.4) is 0 Å². The van der Waals surface area contributed by atoms with Gasteiger partial charge in [0.15, 0.2) is 0 Å². The first-order chi connectivity index (χ1) is 11.7. The van der Waals surface area contributed by atoms with E-state index in [0.717, 1.165) is 31.5 Å². The molecule has 1 aromatic rings. The Morgan fingerprint density at radius 2 is 2.17 bits per heavy atom. The molecule has 1 unspecified atom stereocenters. The second-order valence-electron chi connectivity index (χ2n) is 6.42. The molecule has 0 saturated heterocycles. The van der Waals surface area contributed by atoms with Gasteiger partial charge in [-0.3, -0.25) is 0 Å². The molecule has 1 fully saturated rings. The van der Waals surface area contributed by atoms with Gasteiger partial charge in [0.25, 0.3) is 0 Å². The molecule has 1 atom stereocenters. The predicted molar refractivity (Wildman–Crippen MR) is 96.2 cm³/mol. The zero-order valence-electron chi connectivity index (χ0n) is 14.3. The highest BCUT2D eigenvalue weighted by Gasteiger charge is 2.30. The Labute approximate surface area is 143 Å². The first kappa shape index (κ1) is 16.5. The Balaban J connectivity index is 1.52. The molecule has 3 nitrogen and oxygen atoms in total. The van der Waals surface area contributed by atoms with Crippen LogP contribution in [0.2, 0.25) is 0 Å². The van der Waals surface area contributed by atoms with Gasteiger partial charge in [0, 0.05) is 25.1 Å². The molecule has 2 aliphatic rings. The molecule has 124 valence electrons. The number of hydrogen-bond acceptors (Lipinski definition) is 3. The number of methoxy groups -OCH3 is 1. The van der Waals surface area contributed by atoms with Crippen LogP contribution in [0.1, 0.15) is 24.0 Å². The van der Waals surface area contributed by atoms with Crippen molar-refractivity contribution >= 4 is 12.0 Å².